The highest BCUT2D eigenvalue weighted by Gasteiger charge is 2.57. The maximum Gasteiger partial charge on any atom is 0.120 e. The van der Waals surface area contributed by atoms with Crippen LogP contribution >= 0.6 is 0 Å². The molecule has 0 saturated heterocycles. The van der Waals surface area contributed by atoms with Crippen molar-refractivity contribution < 1.29 is 4.74 Å². The lowest BCUT2D eigenvalue weighted by Crippen LogP contribution is -2.64. The molecule has 4 saturated carbocycles. The fraction of sp³-hybridized carbons (Fsp3) is 0.647. The molecule has 0 aliphatic heterocycles. The minimum Gasteiger partial charge on any atom is -0.487 e. The molecule has 0 radical (unpaired) electrons. The molecule has 5 rings (SSSR count). The Hall–Kier alpha value is -1.02. The lowest BCUT2D eigenvalue weighted by atomic mass is 9.51. The van der Waals surface area contributed by atoms with Crippen LogP contribution in [0.1, 0.15) is 44.1 Å². The first-order chi connectivity index (χ1) is 9.04. The highest BCUT2D eigenvalue weighted by atomic mass is 16.5. The summed E-state index contributed by atoms with van der Waals surface area (Å²) < 4.78 is 6.48. The van der Waals surface area contributed by atoms with E-state index in [0.717, 1.165) is 24.0 Å². The Kier molecular flexibility index (Phi) is 2.33. The van der Waals surface area contributed by atoms with Crippen LogP contribution in [0.5, 0.6) is 5.75 Å². The van der Waals surface area contributed by atoms with E-state index in [9.17, 15) is 0 Å². The molecule has 1 aromatic rings. The van der Waals surface area contributed by atoms with Crippen LogP contribution in [-0.4, -0.2) is 11.1 Å². The number of ether oxygens (including phenoxy) is 1. The summed E-state index contributed by atoms with van der Waals surface area (Å²) in [4.78, 5) is 0. The first-order valence-corrected chi connectivity index (χ1v) is 7.59. The third kappa shape index (κ3) is 1.97. The zero-order valence-electron chi connectivity index (χ0n) is 11.7. The van der Waals surface area contributed by atoms with Gasteiger partial charge in [-0.2, -0.15) is 0 Å². The van der Waals surface area contributed by atoms with Gasteiger partial charge in [0.1, 0.15) is 11.4 Å². The Labute approximate surface area is 115 Å². The van der Waals surface area contributed by atoms with E-state index in [2.05, 4.69) is 31.2 Å². The van der Waals surface area contributed by atoms with Crippen molar-refractivity contribution in [1.29, 1.82) is 0 Å². The highest BCUT2D eigenvalue weighted by molar-refractivity contribution is 5.29. The van der Waals surface area contributed by atoms with E-state index in [-0.39, 0.29) is 11.1 Å². The number of nitrogens with two attached hydrogens (primary N) is 1. The Morgan fingerprint density at radius 1 is 1.16 bits per heavy atom. The SMILES string of the molecule is Cc1cccc(OC23CC4CC(CC(N)(C4)C2)C3)c1. The van der Waals surface area contributed by atoms with Crippen molar-refractivity contribution in [3.8, 4) is 5.75 Å². The van der Waals surface area contributed by atoms with Gasteiger partial charge in [-0.3, -0.25) is 0 Å². The van der Waals surface area contributed by atoms with Gasteiger partial charge in [0.05, 0.1) is 0 Å². The quantitative estimate of drug-likeness (QED) is 0.881. The van der Waals surface area contributed by atoms with Crippen molar-refractivity contribution in [3.05, 3.63) is 29.8 Å². The molecule has 102 valence electrons. The molecule has 4 aliphatic rings. The zero-order valence-corrected chi connectivity index (χ0v) is 11.7. The zero-order chi connectivity index (χ0) is 13.1. The maximum absolute atomic E-state index is 6.61. The highest BCUT2D eigenvalue weighted by Crippen LogP contribution is 2.57. The molecule has 2 unspecified atom stereocenters. The first kappa shape index (κ1) is 11.8. The normalized spacial score (nSPS) is 43.5. The van der Waals surface area contributed by atoms with Crippen LogP contribution in [0.15, 0.2) is 24.3 Å². The molecule has 4 fully saturated rings. The predicted molar refractivity (Wildman–Crippen MR) is 76.1 cm³/mol. The lowest BCUT2D eigenvalue weighted by molar-refractivity contribution is -0.117. The van der Waals surface area contributed by atoms with Gasteiger partial charge in [-0.15, -0.1) is 0 Å². The molecule has 2 atom stereocenters. The van der Waals surface area contributed by atoms with Gasteiger partial charge in [-0.05, 0) is 68.6 Å². The predicted octanol–water partition coefficient (Wildman–Crippen LogP) is 3.42. The second-order valence-electron chi connectivity index (χ2n) is 7.42. The molecule has 4 aliphatic carbocycles. The van der Waals surface area contributed by atoms with E-state index in [1.165, 1.54) is 37.7 Å². The molecular weight excluding hydrogens is 234 g/mol. The molecule has 2 nitrogen and oxygen atoms in total. The van der Waals surface area contributed by atoms with Crippen molar-refractivity contribution in [2.24, 2.45) is 17.6 Å². The van der Waals surface area contributed by atoms with Gasteiger partial charge in [-0.25, -0.2) is 0 Å². The molecule has 0 aromatic heterocycles. The van der Waals surface area contributed by atoms with E-state index < -0.39 is 0 Å². The molecule has 0 amide bonds. The minimum atomic E-state index is 0.0344. The van der Waals surface area contributed by atoms with Gasteiger partial charge >= 0.3 is 0 Å². The summed E-state index contributed by atoms with van der Waals surface area (Å²) in [5.74, 6) is 2.64. The molecule has 4 bridgehead atoms. The first-order valence-electron chi connectivity index (χ1n) is 7.59. The van der Waals surface area contributed by atoms with Gasteiger partial charge < -0.3 is 10.5 Å². The molecule has 2 N–H and O–H groups in total. The number of aryl methyl sites for hydroxylation is 1. The van der Waals surface area contributed by atoms with Crippen LogP contribution in [0.4, 0.5) is 0 Å². The Balaban J connectivity index is 1.63. The van der Waals surface area contributed by atoms with E-state index in [1.54, 1.807) is 0 Å². The summed E-state index contributed by atoms with van der Waals surface area (Å²) in [6.07, 6.45) is 7.33. The van der Waals surface area contributed by atoms with Crippen molar-refractivity contribution in [3.63, 3.8) is 0 Å². The summed E-state index contributed by atoms with van der Waals surface area (Å²) in [5, 5.41) is 0. The average molecular weight is 257 g/mol. The Bertz CT molecular complexity index is 496. The maximum atomic E-state index is 6.61. The number of hydrogen-bond donors (Lipinski definition) is 1. The number of benzene rings is 1. The fourth-order valence-corrected chi connectivity index (χ4v) is 5.30. The van der Waals surface area contributed by atoms with Crippen molar-refractivity contribution in [1.82, 2.24) is 0 Å². The average Bonchev–Trinajstić information content (AvgIpc) is 2.24. The van der Waals surface area contributed by atoms with Crippen LogP contribution in [-0.2, 0) is 0 Å². The number of hydrogen-bond acceptors (Lipinski definition) is 2. The summed E-state index contributed by atoms with van der Waals surface area (Å²) in [6.45, 7) is 2.12. The number of rotatable bonds is 2. The van der Waals surface area contributed by atoms with E-state index in [0.29, 0.717) is 0 Å². The van der Waals surface area contributed by atoms with Gasteiger partial charge in [0.2, 0.25) is 0 Å². The molecule has 1 aromatic carbocycles. The Morgan fingerprint density at radius 2 is 1.89 bits per heavy atom. The van der Waals surface area contributed by atoms with Crippen molar-refractivity contribution in [2.45, 2.75) is 56.6 Å². The van der Waals surface area contributed by atoms with Crippen LogP contribution in [0.2, 0.25) is 0 Å². The van der Waals surface area contributed by atoms with Crippen LogP contribution in [0, 0.1) is 18.8 Å². The summed E-state index contributed by atoms with van der Waals surface area (Å²) in [5.41, 5.74) is 7.98. The smallest absolute Gasteiger partial charge is 0.120 e. The Morgan fingerprint density at radius 3 is 2.53 bits per heavy atom. The van der Waals surface area contributed by atoms with Crippen molar-refractivity contribution in [2.75, 3.05) is 0 Å². The largest absolute Gasteiger partial charge is 0.487 e. The van der Waals surface area contributed by atoms with E-state index in [1.807, 2.05) is 0 Å². The van der Waals surface area contributed by atoms with E-state index in [4.69, 9.17) is 10.5 Å². The standard InChI is InChI=1S/C17H23NO/c1-12-3-2-4-15(5-12)19-17-9-13-6-14(10-17)8-16(18,7-13)11-17/h2-5,13-14H,6-11,18H2,1H3. The topological polar surface area (TPSA) is 35.2 Å². The third-order valence-corrected chi connectivity index (χ3v) is 5.38. The summed E-state index contributed by atoms with van der Waals surface area (Å²) in [6, 6.07) is 8.46. The van der Waals surface area contributed by atoms with Crippen LogP contribution in [0.3, 0.4) is 0 Å². The van der Waals surface area contributed by atoms with Crippen LogP contribution in [0.25, 0.3) is 0 Å². The van der Waals surface area contributed by atoms with Crippen LogP contribution < -0.4 is 10.5 Å². The summed E-state index contributed by atoms with van der Waals surface area (Å²) >= 11 is 0. The molecule has 19 heavy (non-hydrogen) atoms. The van der Waals surface area contributed by atoms with E-state index >= 15 is 0 Å². The second-order valence-corrected chi connectivity index (χ2v) is 7.42. The third-order valence-electron chi connectivity index (χ3n) is 5.38. The molecule has 2 heteroatoms. The van der Waals surface area contributed by atoms with Gasteiger partial charge in [0.25, 0.3) is 0 Å². The van der Waals surface area contributed by atoms with Crippen molar-refractivity contribution >= 4 is 0 Å². The van der Waals surface area contributed by atoms with Gasteiger partial charge in [0.15, 0.2) is 0 Å². The monoisotopic (exact) mass is 257 g/mol. The minimum absolute atomic E-state index is 0.0344. The van der Waals surface area contributed by atoms with Gasteiger partial charge in [0, 0.05) is 12.0 Å². The summed E-state index contributed by atoms with van der Waals surface area (Å²) in [7, 11) is 0. The van der Waals surface area contributed by atoms with Gasteiger partial charge in [-0.1, -0.05) is 12.1 Å². The molecule has 0 heterocycles. The molecular formula is C17H23NO. The molecule has 0 spiro atoms. The second kappa shape index (κ2) is 3.76. The lowest BCUT2D eigenvalue weighted by Gasteiger charge is -2.60. The fourth-order valence-electron chi connectivity index (χ4n) is 5.30.